The van der Waals surface area contributed by atoms with Crippen LogP contribution in [-0.4, -0.2) is 0 Å². The fourth-order valence-electron chi connectivity index (χ4n) is 0.947. The average Bonchev–Trinajstić information content (AvgIpc) is 1.89. The summed E-state index contributed by atoms with van der Waals surface area (Å²) in [5, 5.41) is 0. The molecule has 0 spiro atoms. The molecule has 0 bridgehead atoms. The Morgan fingerprint density at radius 3 is 2.22 bits per heavy atom. The predicted molar refractivity (Wildman–Crippen MR) is 43.6 cm³/mol. The third kappa shape index (κ3) is 5.88. The van der Waals surface area contributed by atoms with E-state index in [1.165, 1.54) is 32.1 Å². The standard InChI is InChI=1S/C9H20/c1-4-6-7-8-9(3)5-2/h9H,4-8H2,1-3H3/t9-/m1/s1. The first-order chi connectivity index (χ1) is 4.31. The van der Waals surface area contributed by atoms with Crippen LogP contribution in [0.4, 0.5) is 0 Å². The zero-order chi connectivity index (χ0) is 7.11. The summed E-state index contributed by atoms with van der Waals surface area (Å²) in [6, 6.07) is 0. The van der Waals surface area contributed by atoms with Crippen LogP contribution in [0.15, 0.2) is 0 Å². The normalized spacial score (nSPS) is 13.7. The first kappa shape index (κ1) is 9.00. The summed E-state index contributed by atoms with van der Waals surface area (Å²) in [7, 11) is 0. The Morgan fingerprint density at radius 1 is 1.11 bits per heavy atom. The van der Waals surface area contributed by atoms with E-state index in [4.69, 9.17) is 0 Å². The van der Waals surface area contributed by atoms with Crippen molar-refractivity contribution in [3.63, 3.8) is 0 Å². The predicted octanol–water partition coefficient (Wildman–Crippen LogP) is 3.61. The fraction of sp³-hybridized carbons (Fsp3) is 1.00. The largest absolute Gasteiger partial charge is 0.0654 e. The molecular formula is C9H20. The second-order valence-corrected chi connectivity index (χ2v) is 3.01. The molecular weight excluding hydrogens is 108 g/mol. The molecule has 0 fully saturated rings. The third-order valence-corrected chi connectivity index (χ3v) is 2.00. The molecule has 0 N–H and O–H groups in total. The number of rotatable bonds is 5. The van der Waals surface area contributed by atoms with Crippen LogP contribution in [0.2, 0.25) is 0 Å². The zero-order valence-electron chi connectivity index (χ0n) is 7.11. The van der Waals surface area contributed by atoms with Gasteiger partial charge in [-0.05, 0) is 5.92 Å². The van der Waals surface area contributed by atoms with Crippen LogP contribution in [0, 0.1) is 5.92 Å². The maximum Gasteiger partial charge on any atom is -0.0445 e. The molecule has 0 radical (unpaired) electrons. The van der Waals surface area contributed by atoms with Gasteiger partial charge >= 0.3 is 0 Å². The van der Waals surface area contributed by atoms with E-state index in [2.05, 4.69) is 20.8 Å². The first-order valence-corrected chi connectivity index (χ1v) is 4.31. The van der Waals surface area contributed by atoms with E-state index in [9.17, 15) is 0 Å². The molecule has 0 aliphatic rings. The molecule has 56 valence electrons. The van der Waals surface area contributed by atoms with Gasteiger partial charge in [-0.15, -0.1) is 0 Å². The average molecular weight is 128 g/mol. The van der Waals surface area contributed by atoms with E-state index < -0.39 is 0 Å². The van der Waals surface area contributed by atoms with E-state index in [0.717, 1.165) is 5.92 Å². The second-order valence-electron chi connectivity index (χ2n) is 3.01. The minimum absolute atomic E-state index is 0.955. The van der Waals surface area contributed by atoms with Crippen molar-refractivity contribution in [2.24, 2.45) is 5.92 Å². The van der Waals surface area contributed by atoms with Crippen LogP contribution in [0.1, 0.15) is 52.9 Å². The quantitative estimate of drug-likeness (QED) is 0.496. The molecule has 0 amide bonds. The van der Waals surface area contributed by atoms with Crippen molar-refractivity contribution in [3.05, 3.63) is 0 Å². The Kier molecular flexibility index (Phi) is 6.12. The summed E-state index contributed by atoms with van der Waals surface area (Å²) < 4.78 is 0. The molecule has 0 unspecified atom stereocenters. The van der Waals surface area contributed by atoms with E-state index >= 15 is 0 Å². The highest BCUT2D eigenvalue weighted by molar-refractivity contribution is 4.49. The van der Waals surface area contributed by atoms with Gasteiger partial charge in [0.2, 0.25) is 0 Å². The molecule has 1 atom stereocenters. The van der Waals surface area contributed by atoms with E-state index in [1.807, 2.05) is 0 Å². The Balaban J connectivity index is 2.88. The molecule has 0 heteroatoms. The van der Waals surface area contributed by atoms with Gasteiger partial charge in [0.1, 0.15) is 0 Å². The van der Waals surface area contributed by atoms with Crippen molar-refractivity contribution in [1.29, 1.82) is 0 Å². The number of hydrogen-bond acceptors (Lipinski definition) is 0. The van der Waals surface area contributed by atoms with Gasteiger partial charge < -0.3 is 0 Å². The second kappa shape index (κ2) is 6.12. The van der Waals surface area contributed by atoms with Gasteiger partial charge in [0.15, 0.2) is 0 Å². The summed E-state index contributed by atoms with van der Waals surface area (Å²) in [6.45, 7) is 6.88. The lowest BCUT2D eigenvalue weighted by molar-refractivity contribution is 0.482. The van der Waals surface area contributed by atoms with Crippen molar-refractivity contribution in [1.82, 2.24) is 0 Å². The van der Waals surface area contributed by atoms with Gasteiger partial charge in [-0.25, -0.2) is 0 Å². The lowest BCUT2D eigenvalue weighted by Gasteiger charge is -2.05. The van der Waals surface area contributed by atoms with Crippen LogP contribution in [0.25, 0.3) is 0 Å². The molecule has 0 heterocycles. The van der Waals surface area contributed by atoms with Crippen molar-refractivity contribution >= 4 is 0 Å². The zero-order valence-corrected chi connectivity index (χ0v) is 7.11. The van der Waals surface area contributed by atoms with Gasteiger partial charge in [0, 0.05) is 0 Å². The van der Waals surface area contributed by atoms with E-state index in [0.29, 0.717) is 0 Å². The Morgan fingerprint density at radius 2 is 1.78 bits per heavy atom. The first-order valence-electron chi connectivity index (χ1n) is 4.31. The Labute approximate surface area is 59.7 Å². The molecule has 0 aromatic carbocycles. The fourth-order valence-corrected chi connectivity index (χ4v) is 0.947. The highest BCUT2D eigenvalue weighted by Gasteiger charge is 1.95. The van der Waals surface area contributed by atoms with Crippen molar-refractivity contribution in [3.8, 4) is 0 Å². The maximum atomic E-state index is 2.34. The smallest absolute Gasteiger partial charge is 0.0445 e. The molecule has 0 saturated carbocycles. The summed E-state index contributed by atoms with van der Waals surface area (Å²) in [5.41, 5.74) is 0. The van der Waals surface area contributed by atoms with Crippen LogP contribution in [-0.2, 0) is 0 Å². The van der Waals surface area contributed by atoms with Gasteiger partial charge in [-0.2, -0.15) is 0 Å². The molecule has 9 heavy (non-hydrogen) atoms. The van der Waals surface area contributed by atoms with Gasteiger partial charge in [0.05, 0.1) is 0 Å². The molecule has 0 aromatic rings. The van der Waals surface area contributed by atoms with Crippen molar-refractivity contribution in [2.75, 3.05) is 0 Å². The topological polar surface area (TPSA) is 0 Å². The van der Waals surface area contributed by atoms with Crippen LogP contribution in [0.5, 0.6) is 0 Å². The third-order valence-electron chi connectivity index (χ3n) is 2.00. The van der Waals surface area contributed by atoms with Crippen LogP contribution >= 0.6 is 0 Å². The summed E-state index contributed by atoms with van der Waals surface area (Å²) in [6.07, 6.45) is 7.00. The minimum atomic E-state index is 0.955. The molecule has 0 rings (SSSR count). The summed E-state index contributed by atoms with van der Waals surface area (Å²) in [4.78, 5) is 0. The lowest BCUT2D eigenvalue weighted by Crippen LogP contribution is -1.90. The number of unbranched alkanes of at least 4 members (excludes halogenated alkanes) is 2. The van der Waals surface area contributed by atoms with Crippen molar-refractivity contribution < 1.29 is 0 Å². The molecule has 0 aliphatic carbocycles. The van der Waals surface area contributed by atoms with Gasteiger partial charge in [0.25, 0.3) is 0 Å². The molecule has 0 aromatic heterocycles. The monoisotopic (exact) mass is 128 g/mol. The van der Waals surface area contributed by atoms with E-state index in [1.54, 1.807) is 0 Å². The van der Waals surface area contributed by atoms with Gasteiger partial charge in [-0.1, -0.05) is 52.9 Å². The van der Waals surface area contributed by atoms with Crippen LogP contribution in [0.3, 0.4) is 0 Å². The minimum Gasteiger partial charge on any atom is -0.0654 e. The Hall–Kier alpha value is 0. The molecule has 0 saturated heterocycles. The van der Waals surface area contributed by atoms with Crippen LogP contribution < -0.4 is 0 Å². The van der Waals surface area contributed by atoms with E-state index in [-0.39, 0.29) is 0 Å². The Bertz CT molecular complexity index is 48.0. The maximum absolute atomic E-state index is 2.34. The summed E-state index contributed by atoms with van der Waals surface area (Å²) >= 11 is 0. The SMILES string of the molecule is CCCCC[C@H](C)CC. The molecule has 0 aliphatic heterocycles. The molecule has 0 nitrogen and oxygen atoms in total. The highest BCUT2D eigenvalue weighted by Crippen LogP contribution is 2.11. The highest BCUT2D eigenvalue weighted by atomic mass is 14.0. The summed E-state index contributed by atoms with van der Waals surface area (Å²) in [5.74, 6) is 0.955. The van der Waals surface area contributed by atoms with Crippen molar-refractivity contribution in [2.45, 2.75) is 52.9 Å². The lowest BCUT2D eigenvalue weighted by atomic mass is 10.0. The van der Waals surface area contributed by atoms with Gasteiger partial charge in [-0.3, -0.25) is 0 Å². The number of hydrogen-bond donors (Lipinski definition) is 0.